The maximum atomic E-state index is 13.7. The molecule has 18 nitrogen and oxygen atoms in total. The van der Waals surface area contributed by atoms with Crippen LogP contribution in [-0.4, -0.2) is 180 Å². The predicted molar refractivity (Wildman–Crippen MR) is 271 cm³/mol. The molecule has 412 valence electrons. The Morgan fingerprint density at radius 3 is 0.915 bits per heavy atom. The van der Waals surface area contributed by atoms with Crippen molar-refractivity contribution >= 4 is 41.9 Å². The molecule has 0 unspecified atom stereocenters. The van der Waals surface area contributed by atoms with Gasteiger partial charge in [-0.15, -0.1) is 0 Å². The molecule has 1 aliphatic heterocycles. The van der Waals surface area contributed by atoms with E-state index in [0.717, 1.165) is 128 Å². The first-order valence-electron chi connectivity index (χ1n) is 27.3. The van der Waals surface area contributed by atoms with E-state index >= 15 is 0 Å². The van der Waals surface area contributed by atoms with E-state index in [1.165, 1.54) is 14.7 Å². The van der Waals surface area contributed by atoms with Crippen LogP contribution >= 0.6 is 0 Å². The molecule has 0 aromatic carbocycles. The maximum Gasteiger partial charge on any atom is 0.410 e. The topological polar surface area (TPSA) is 197 Å². The van der Waals surface area contributed by atoms with E-state index in [2.05, 4.69) is 27.7 Å². The minimum atomic E-state index is -1.17. The summed E-state index contributed by atoms with van der Waals surface area (Å²) < 4.78 is 39.0. The van der Waals surface area contributed by atoms with E-state index < -0.39 is 67.2 Å². The molecule has 1 heterocycles. The number of carbonyl (C=O) groups is 7. The molecular formula is C53H96N4O14. The van der Waals surface area contributed by atoms with E-state index in [1.54, 1.807) is 0 Å². The lowest BCUT2D eigenvalue weighted by Crippen LogP contribution is -2.44. The first-order chi connectivity index (χ1) is 34.3. The highest BCUT2D eigenvalue weighted by molar-refractivity contribution is 5.79. The molecule has 1 fully saturated rings. The van der Waals surface area contributed by atoms with Crippen LogP contribution in [0.4, 0.5) is 4.79 Å². The summed E-state index contributed by atoms with van der Waals surface area (Å²) in [6.45, 7) is 6.98. The third kappa shape index (κ3) is 36.5. The van der Waals surface area contributed by atoms with E-state index in [0.29, 0.717) is 32.2 Å². The number of hydrogen-bond acceptors (Lipinski definition) is 17. The first-order valence-corrected chi connectivity index (χ1v) is 27.3. The van der Waals surface area contributed by atoms with Gasteiger partial charge in [-0.2, -0.15) is 0 Å². The van der Waals surface area contributed by atoms with Crippen LogP contribution in [-0.2, 0) is 61.9 Å². The average molecular weight is 1010 g/mol. The minimum absolute atomic E-state index is 0.0784. The standard InChI is InChI=1S/C53H96N4O14/c1-7-11-15-19-23-27-32-65-47(58)39-55(40-48(59)66-33-28-24-20-16-12-8-2)43-51(62)70-45-37-57(53(64)69-36-31-54(5)6)38-46(45)71-52(63)44-56(41-49(60)67-34-29-25-21-17-13-9-3)42-50(61)68-35-30-26-22-18-14-10-4/h45-46H,7-44H2,1-6H3/t45-,46+. The molecule has 0 aromatic rings. The van der Waals surface area contributed by atoms with Crippen molar-refractivity contribution in [2.75, 3.05) is 106 Å². The molecule has 0 spiro atoms. The van der Waals surface area contributed by atoms with Crippen molar-refractivity contribution in [3.8, 4) is 0 Å². The predicted octanol–water partition coefficient (Wildman–Crippen LogP) is 8.04. The Balaban J connectivity index is 3.15. The van der Waals surface area contributed by atoms with Crippen molar-refractivity contribution in [3.63, 3.8) is 0 Å². The number of nitrogens with zero attached hydrogens (tertiary/aromatic N) is 4. The highest BCUT2D eigenvalue weighted by Gasteiger charge is 2.42. The number of likely N-dealkylation sites (tertiary alicyclic amines) is 1. The Bertz CT molecular complexity index is 1300. The summed E-state index contributed by atoms with van der Waals surface area (Å²) in [6, 6.07) is 0. The minimum Gasteiger partial charge on any atom is -0.465 e. The molecule has 0 saturated carbocycles. The lowest BCUT2D eigenvalue weighted by Gasteiger charge is -2.24. The van der Waals surface area contributed by atoms with Gasteiger partial charge < -0.3 is 43.0 Å². The molecule has 1 amide bonds. The largest absolute Gasteiger partial charge is 0.465 e. The zero-order valence-corrected chi connectivity index (χ0v) is 45.0. The Morgan fingerprint density at radius 1 is 0.366 bits per heavy atom. The van der Waals surface area contributed by atoms with Gasteiger partial charge >= 0.3 is 41.9 Å². The number of likely N-dealkylation sites (N-methyl/N-ethyl adjacent to an activating group) is 1. The first kappa shape index (κ1) is 65.0. The Morgan fingerprint density at radius 2 is 0.634 bits per heavy atom. The number of esters is 6. The van der Waals surface area contributed by atoms with Crippen LogP contribution in [0.3, 0.4) is 0 Å². The van der Waals surface area contributed by atoms with Gasteiger partial charge in [-0.3, -0.25) is 38.6 Å². The van der Waals surface area contributed by atoms with E-state index in [-0.39, 0.29) is 72.3 Å². The van der Waals surface area contributed by atoms with Crippen LogP contribution in [0.15, 0.2) is 0 Å². The monoisotopic (exact) mass is 1010 g/mol. The lowest BCUT2D eigenvalue weighted by atomic mass is 10.1. The maximum absolute atomic E-state index is 13.7. The van der Waals surface area contributed by atoms with Gasteiger partial charge in [0.05, 0.1) is 78.8 Å². The molecule has 0 aromatic heterocycles. The summed E-state index contributed by atoms with van der Waals surface area (Å²) >= 11 is 0. The molecular weight excluding hydrogens is 917 g/mol. The molecule has 1 rings (SSSR count). The van der Waals surface area contributed by atoms with Gasteiger partial charge in [-0.25, -0.2) is 4.79 Å². The van der Waals surface area contributed by atoms with Crippen molar-refractivity contribution < 1.29 is 66.7 Å². The second-order valence-electron chi connectivity index (χ2n) is 19.1. The second-order valence-corrected chi connectivity index (χ2v) is 19.1. The van der Waals surface area contributed by atoms with Crippen molar-refractivity contribution in [1.29, 1.82) is 0 Å². The van der Waals surface area contributed by atoms with Crippen molar-refractivity contribution in [2.45, 2.75) is 194 Å². The molecule has 1 saturated heterocycles. The summed E-state index contributed by atoms with van der Waals surface area (Å²) in [7, 11) is 3.66. The summed E-state index contributed by atoms with van der Waals surface area (Å²) in [5.41, 5.74) is 0. The Labute approximate surface area is 427 Å². The highest BCUT2D eigenvalue weighted by atomic mass is 16.6. The average Bonchev–Trinajstić information content (AvgIpc) is 3.71. The summed E-state index contributed by atoms with van der Waals surface area (Å²) in [5, 5.41) is 0. The number of hydrogen-bond donors (Lipinski definition) is 0. The van der Waals surface area contributed by atoms with Gasteiger partial charge in [0.25, 0.3) is 0 Å². The van der Waals surface area contributed by atoms with Gasteiger partial charge in [-0.1, -0.05) is 156 Å². The zero-order chi connectivity index (χ0) is 52.3. The fourth-order valence-electron chi connectivity index (χ4n) is 7.83. The normalized spacial score (nSPS) is 14.5. The SMILES string of the molecule is CCCCCCCCOC(=O)CN(CC(=O)OCCCCCCCC)CC(=O)O[C@H]1CN(C(=O)OCCN(C)C)C[C@H]1OC(=O)CN(CC(=O)OCCCCCCCC)CC(=O)OCCCCCCCC. The molecule has 18 heteroatoms. The van der Waals surface area contributed by atoms with Crippen LogP contribution in [0.2, 0.25) is 0 Å². The van der Waals surface area contributed by atoms with Crippen LogP contribution < -0.4 is 0 Å². The van der Waals surface area contributed by atoms with Gasteiger partial charge in [0.2, 0.25) is 0 Å². The molecule has 71 heavy (non-hydrogen) atoms. The van der Waals surface area contributed by atoms with Gasteiger partial charge in [-0.05, 0) is 39.8 Å². The van der Waals surface area contributed by atoms with E-state index in [4.69, 9.17) is 33.2 Å². The fourth-order valence-corrected chi connectivity index (χ4v) is 7.83. The molecule has 0 radical (unpaired) electrons. The number of unbranched alkanes of at least 4 members (excludes halogenated alkanes) is 20. The molecule has 0 N–H and O–H groups in total. The fraction of sp³-hybridized carbons (Fsp3) is 0.868. The van der Waals surface area contributed by atoms with Crippen LogP contribution in [0.25, 0.3) is 0 Å². The number of amides is 1. The number of rotatable bonds is 45. The van der Waals surface area contributed by atoms with Crippen LogP contribution in [0.1, 0.15) is 182 Å². The number of ether oxygens (including phenoxy) is 7. The van der Waals surface area contributed by atoms with Crippen molar-refractivity contribution in [2.24, 2.45) is 0 Å². The summed E-state index contributed by atoms with van der Waals surface area (Å²) in [5.74, 6) is -4.16. The van der Waals surface area contributed by atoms with Crippen LogP contribution in [0.5, 0.6) is 0 Å². The van der Waals surface area contributed by atoms with Crippen LogP contribution in [0, 0.1) is 0 Å². The third-order valence-electron chi connectivity index (χ3n) is 12.0. The Kier molecular flexibility index (Phi) is 39.9. The zero-order valence-electron chi connectivity index (χ0n) is 45.0. The highest BCUT2D eigenvalue weighted by Crippen LogP contribution is 2.20. The summed E-state index contributed by atoms with van der Waals surface area (Å²) in [4.78, 5) is 98.3. The van der Waals surface area contributed by atoms with Crippen molar-refractivity contribution in [1.82, 2.24) is 19.6 Å². The van der Waals surface area contributed by atoms with E-state index in [9.17, 15) is 33.6 Å². The lowest BCUT2D eigenvalue weighted by molar-refractivity contribution is -0.167. The van der Waals surface area contributed by atoms with E-state index in [1.807, 2.05) is 19.0 Å². The molecule has 0 aliphatic carbocycles. The quantitative estimate of drug-likeness (QED) is 0.0322. The molecule has 2 atom stereocenters. The molecule has 0 bridgehead atoms. The van der Waals surface area contributed by atoms with Gasteiger partial charge in [0, 0.05) is 6.54 Å². The summed E-state index contributed by atoms with van der Waals surface area (Å²) in [6.07, 6.45) is 21.1. The van der Waals surface area contributed by atoms with Gasteiger partial charge in [0.1, 0.15) is 6.61 Å². The number of carbonyl (C=O) groups excluding carboxylic acids is 7. The second kappa shape index (κ2) is 43.5. The molecule has 1 aliphatic rings. The van der Waals surface area contributed by atoms with Gasteiger partial charge in [0.15, 0.2) is 12.2 Å². The smallest absolute Gasteiger partial charge is 0.410 e. The van der Waals surface area contributed by atoms with Crippen molar-refractivity contribution in [3.05, 3.63) is 0 Å². The third-order valence-corrected chi connectivity index (χ3v) is 12.0. The Hall–Kier alpha value is -4.03.